The molecule has 17 heavy (non-hydrogen) atoms. The molecule has 94 valence electrons. The number of nitrogens with one attached hydrogen (secondary N) is 1. The summed E-state index contributed by atoms with van der Waals surface area (Å²) in [5.41, 5.74) is 3.29. The molecule has 0 aliphatic heterocycles. The van der Waals surface area contributed by atoms with Gasteiger partial charge in [-0.3, -0.25) is 0 Å². The van der Waals surface area contributed by atoms with Gasteiger partial charge in [-0.1, -0.05) is 44.5 Å². The van der Waals surface area contributed by atoms with Crippen molar-refractivity contribution < 1.29 is 0 Å². The Morgan fingerprint density at radius 1 is 1.18 bits per heavy atom. The first-order valence-corrected chi connectivity index (χ1v) is 6.88. The van der Waals surface area contributed by atoms with Crippen molar-refractivity contribution in [2.24, 2.45) is 0 Å². The van der Waals surface area contributed by atoms with Crippen molar-refractivity contribution in [3.05, 3.63) is 35.4 Å². The van der Waals surface area contributed by atoms with E-state index in [1.165, 1.54) is 31.2 Å². The van der Waals surface area contributed by atoms with Crippen molar-refractivity contribution in [1.29, 1.82) is 0 Å². The van der Waals surface area contributed by atoms with Gasteiger partial charge in [0.05, 0.1) is 0 Å². The summed E-state index contributed by atoms with van der Waals surface area (Å²) in [6.07, 6.45) is 5.39. The molecule has 0 unspecified atom stereocenters. The third-order valence-electron chi connectivity index (χ3n) is 4.27. The highest BCUT2D eigenvalue weighted by molar-refractivity contribution is 5.30. The van der Waals surface area contributed by atoms with Gasteiger partial charge in [-0.05, 0) is 55.3 Å². The van der Waals surface area contributed by atoms with Gasteiger partial charge < -0.3 is 5.32 Å². The summed E-state index contributed by atoms with van der Waals surface area (Å²) in [5, 5.41) is 3.24. The zero-order valence-corrected chi connectivity index (χ0v) is 11.4. The summed E-state index contributed by atoms with van der Waals surface area (Å²) in [6, 6.07) is 9.37. The lowest BCUT2D eigenvalue weighted by Crippen LogP contribution is -2.23. The van der Waals surface area contributed by atoms with Crippen LogP contribution in [-0.4, -0.2) is 13.6 Å². The molecule has 0 bridgehead atoms. The molecule has 1 aliphatic carbocycles. The second-order valence-electron chi connectivity index (χ2n) is 5.99. The van der Waals surface area contributed by atoms with Crippen molar-refractivity contribution in [1.82, 2.24) is 5.32 Å². The molecule has 1 aromatic rings. The van der Waals surface area contributed by atoms with Gasteiger partial charge in [0.15, 0.2) is 0 Å². The van der Waals surface area contributed by atoms with Crippen LogP contribution in [0.4, 0.5) is 0 Å². The van der Waals surface area contributed by atoms with Gasteiger partial charge >= 0.3 is 0 Å². The van der Waals surface area contributed by atoms with Crippen molar-refractivity contribution in [2.75, 3.05) is 13.6 Å². The topological polar surface area (TPSA) is 12.0 Å². The Morgan fingerprint density at radius 3 is 2.29 bits per heavy atom. The van der Waals surface area contributed by atoms with Crippen molar-refractivity contribution in [3.8, 4) is 0 Å². The summed E-state index contributed by atoms with van der Waals surface area (Å²) in [5.74, 6) is 0.851. The molecule has 1 aromatic carbocycles. The average Bonchev–Trinajstić information content (AvgIpc) is 2.25. The molecule has 0 saturated heterocycles. The maximum Gasteiger partial charge on any atom is -0.00436 e. The molecule has 1 saturated carbocycles. The van der Waals surface area contributed by atoms with Gasteiger partial charge in [0.25, 0.3) is 0 Å². The lowest BCUT2D eigenvalue weighted by atomic mass is 9.77. The molecular formula is C16H25N. The maximum absolute atomic E-state index is 3.24. The predicted octanol–water partition coefficient (Wildman–Crippen LogP) is 3.84. The third kappa shape index (κ3) is 2.90. The first-order chi connectivity index (χ1) is 8.13. The molecule has 1 aliphatic rings. The van der Waals surface area contributed by atoms with Gasteiger partial charge in [-0.25, -0.2) is 0 Å². The van der Waals surface area contributed by atoms with Crippen LogP contribution < -0.4 is 5.32 Å². The first-order valence-electron chi connectivity index (χ1n) is 6.88. The van der Waals surface area contributed by atoms with E-state index in [1.54, 1.807) is 5.56 Å². The molecule has 0 heterocycles. The highest BCUT2D eigenvalue weighted by Gasteiger charge is 2.22. The van der Waals surface area contributed by atoms with Gasteiger partial charge in [0.1, 0.15) is 0 Å². The van der Waals surface area contributed by atoms with Crippen LogP contribution in [0.2, 0.25) is 0 Å². The molecule has 2 rings (SSSR count). The Bertz CT molecular complexity index is 346. The second-order valence-corrected chi connectivity index (χ2v) is 5.99. The Labute approximate surface area is 106 Å². The maximum atomic E-state index is 3.24. The molecule has 1 fully saturated rings. The van der Waals surface area contributed by atoms with E-state index in [4.69, 9.17) is 0 Å². The summed E-state index contributed by atoms with van der Waals surface area (Å²) >= 11 is 0. The van der Waals surface area contributed by atoms with Crippen LogP contribution in [0, 0.1) is 0 Å². The fourth-order valence-corrected chi connectivity index (χ4v) is 2.53. The zero-order chi connectivity index (χ0) is 12.3. The van der Waals surface area contributed by atoms with E-state index in [0.717, 1.165) is 12.5 Å². The number of rotatable bonds is 5. The molecule has 1 nitrogen and oxygen atoms in total. The zero-order valence-electron chi connectivity index (χ0n) is 11.4. The van der Waals surface area contributed by atoms with Gasteiger partial charge in [-0.15, -0.1) is 0 Å². The highest BCUT2D eigenvalue weighted by atomic mass is 14.8. The summed E-state index contributed by atoms with van der Waals surface area (Å²) in [7, 11) is 2.02. The molecular weight excluding hydrogens is 206 g/mol. The molecule has 1 N–H and O–H groups in total. The van der Waals surface area contributed by atoms with E-state index in [1.807, 2.05) is 7.05 Å². The quantitative estimate of drug-likeness (QED) is 0.812. The summed E-state index contributed by atoms with van der Waals surface area (Å²) < 4.78 is 0. The van der Waals surface area contributed by atoms with Crippen LogP contribution in [0.1, 0.15) is 56.6 Å². The SMILES string of the molecule is CNCCC(C)(C)c1ccc(C2CCC2)cc1. The smallest absolute Gasteiger partial charge is 0.00436 e. The average molecular weight is 231 g/mol. The van der Waals surface area contributed by atoms with Gasteiger partial charge in [-0.2, -0.15) is 0 Å². The van der Waals surface area contributed by atoms with E-state index in [0.29, 0.717) is 0 Å². The van der Waals surface area contributed by atoms with Gasteiger partial charge in [0, 0.05) is 0 Å². The monoisotopic (exact) mass is 231 g/mol. The Morgan fingerprint density at radius 2 is 1.82 bits per heavy atom. The third-order valence-corrected chi connectivity index (χ3v) is 4.27. The van der Waals surface area contributed by atoms with Crippen LogP contribution in [0.5, 0.6) is 0 Å². The van der Waals surface area contributed by atoms with E-state index in [2.05, 4.69) is 43.4 Å². The van der Waals surface area contributed by atoms with Gasteiger partial charge in [0.2, 0.25) is 0 Å². The molecule has 0 radical (unpaired) electrons. The highest BCUT2D eigenvalue weighted by Crippen LogP contribution is 2.37. The van der Waals surface area contributed by atoms with Crippen LogP contribution in [0.15, 0.2) is 24.3 Å². The Hall–Kier alpha value is -0.820. The number of benzene rings is 1. The summed E-state index contributed by atoms with van der Waals surface area (Å²) in [6.45, 7) is 5.75. The van der Waals surface area contributed by atoms with E-state index < -0.39 is 0 Å². The van der Waals surface area contributed by atoms with Crippen LogP contribution in [0.25, 0.3) is 0 Å². The standard InChI is InChI=1S/C16H25N/c1-16(2,11-12-17-3)15-9-7-14(8-10-15)13-5-4-6-13/h7-10,13,17H,4-6,11-12H2,1-3H3. The minimum atomic E-state index is 0.279. The first kappa shape index (κ1) is 12.6. The molecule has 0 aromatic heterocycles. The van der Waals surface area contributed by atoms with Crippen LogP contribution in [0.3, 0.4) is 0 Å². The lowest BCUT2D eigenvalue weighted by Gasteiger charge is -2.28. The van der Waals surface area contributed by atoms with E-state index >= 15 is 0 Å². The largest absolute Gasteiger partial charge is 0.320 e. The lowest BCUT2D eigenvalue weighted by molar-refractivity contribution is 0.419. The number of hydrogen-bond donors (Lipinski definition) is 1. The fourth-order valence-electron chi connectivity index (χ4n) is 2.53. The minimum absolute atomic E-state index is 0.279. The van der Waals surface area contributed by atoms with Crippen molar-refractivity contribution in [2.45, 2.75) is 50.9 Å². The molecule has 0 spiro atoms. The second kappa shape index (κ2) is 5.22. The number of hydrogen-bond acceptors (Lipinski definition) is 1. The molecule has 1 heteroatoms. The normalized spacial score (nSPS) is 16.9. The van der Waals surface area contributed by atoms with E-state index in [-0.39, 0.29) is 5.41 Å². The fraction of sp³-hybridized carbons (Fsp3) is 0.625. The Balaban J connectivity index is 2.05. The van der Waals surface area contributed by atoms with Crippen molar-refractivity contribution in [3.63, 3.8) is 0 Å². The van der Waals surface area contributed by atoms with E-state index in [9.17, 15) is 0 Å². The molecule has 0 atom stereocenters. The minimum Gasteiger partial charge on any atom is -0.320 e. The van der Waals surface area contributed by atoms with Crippen LogP contribution >= 0.6 is 0 Å². The van der Waals surface area contributed by atoms with Crippen molar-refractivity contribution >= 4 is 0 Å². The predicted molar refractivity (Wildman–Crippen MR) is 74.6 cm³/mol. The Kier molecular flexibility index (Phi) is 3.88. The molecule has 0 amide bonds. The van der Waals surface area contributed by atoms with Crippen LogP contribution in [-0.2, 0) is 5.41 Å². The summed E-state index contributed by atoms with van der Waals surface area (Å²) in [4.78, 5) is 0.